The molecule has 1 rings (SSSR count). The molecule has 8 nitrogen and oxygen atoms in total. The average molecular weight is 322 g/mol. The first kappa shape index (κ1) is 18.3. The highest BCUT2D eigenvalue weighted by Crippen LogP contribution is 2.29. The van der Waals surface area contributed by atoms with Gasteiger partial charge in [-0.25, -0.2) is 4.39 Å². The van der Waals surface area contributed by atoms with E-state index in [2.05, 4.69) is 0 Å². The molecular formula is C13H19FO8. The Morgan fingerprint density at radius 3 is 1.77 bits per heavy atom. The van der Waals surface area contributed by atoms with Crippen molar-refractivity contribution < 1.29 is 42.5 Å². The molecule has 0 radical (unpaired) electrons. The van der Waals surface area contributed by atoms with Crippen LogP contribution in [0, 0.1) is 0 Å². The molecule has 5 atom stereocenters. The fourth-order valence-corrected chi connectivity index (χ4v) is 2.17. The Morgan fingerprint density at radius 2 is 1.36 bits per heavy atom. The molecule has 0 N–H and O–H groups in total. The van der Waals surface area contributed by atoms with Crippen molar-refractivity contribution in [3.8, 4) is 0 Å². The molecule has 5 unspecified atom stereocenters. The maximum absolute atomic E-state index is 13.2. The number of halogens is 1. The number of esters is 3. The number of hydrogen-bond donors (Lipinski definition) is 0. The fourth-order valence-electron chi connectivity index (χ4n) is 2.17. The lowest BCUT2D eigenvalue weighted by Crippen LogP contribution is -2.62. The van der Waals surface area contributed by atoms with Gasteiger partial charge in [0.15, 0.2) is 24.6 Å². The van der Waals surface area contributed by atoms with E-state index in [0.29, 0.717) is 0 Å². The number of hydrogen-bond acceptors (Lipinski definition) is 8. The first-order chi connectivity index (χ1) is 10.3. The van der Waals surface area contributed by atoms with Gasteiger partial charge in [0.2, 0.25) is 0 Å². The lowest BCUT2D eigenvalue weighted by atomic mass is 9.98. The second-order valence-corrected chi connectivity index (χ2v) is 4.66. The van der Waals surface area contributed by atoms with Crippen LogP contribution in [0.1, 0.15) is 20.8 Å². The third-order valence-electron chi connectivity index (χ3n) is 2.88. The van der Waals surface area contributed by atoms with Gasteiger partial charge in [0, 0.05) is 27.9 Å². The van der Waals surface area contributed by atoms with E-state index in [1.807, 2.05) is 0 Å². The van der Waals surface area contributed by atoms with Crippen LogP contribution >= 0.6 is 0 Å². The number of carbonyl (C=O) groups is 3. The molecule has 0 amide bonds. The quantitative estimate of drug-likeness (QED) is 0.520. The van der Waals surface area contributed by atoms with Crippen LogP contribution < -0.4 is 0 Å². The first-order valence-corrected chi connectivity index (χ1v) is 6.56. The minimum Gasteiger partial charge on any atom is -0.456 e. The van der Waals surface area contributed by atoms with Crippen molar-refractivity contribution in [1.82, 2.24) is 0 Å². The van der Waals surface area contributed by atoms with Crippen molar-refractivity contribution in [3.05, 3.63) is 0 Å². The van der Waals surface area contributed by atoms with E-state index >= 15 is 0 Å². The second-order valence-electron chi connectivity index (χ2n) is 4.66. The van der Waals surface area contributed by atoms with Gasteiger partial charge in [0.1, 0.15) is 12.8 Å². The van der Waals surface area contributed by atoms with E-state index in [-0.39, 0.29) is 0 Å². The molecule has 9 heteroatoms. The van der Waals surface area contributed by atoms with Crippen molar-refractivity contribution >= 4 is 17.9 Å². The van der Waals surface area contributed by atoms with Gasteiger partial charge in [-0.3, -0.25) is 14.4 Å². The first-order valence-electron chi connectivity index (χ1n) is 6.56. The number of rotatable bonds is 5. The molecule has 0 aromatic carbocycles. The molecule has 1 aliphatic rings. The lowest BCUT2D eigenvalue weighted by Gasteiger charge is -2.43. The monoisotopic (exact) mass is 322 g/mol. The van der Waals surface area contributed by atoms with Gasteiger partial charge in [-0.05, 0) is 0 Å². The van der Waals surface area contributed by atoms with Crippen molar-refractivity contribution in [2.45, 2.75) is 51.5 Å². The van der Waals surface area contributed by atoms with Crippen molar-refractivity contribution in [2.75, 3.05) is 13.8 Å². The number of ether oxygens (including phenoxy) is 5. The van der Waals surface area contributed by atoms with Crippen molar-refractivity contribution in [3.63, 3.8) is 0 Å². The number of carbonyl (C=O) groups excluding carboxylic acids is 3. The Balaban J connectivity index is 3.14. The summed E-state index contributed by atoms with van der Waals surface area (Å²) in [5.74, 6) is -2.12. The van der Waals surface area contributed by atoms with Crippen LogP contribution in [-0.2, 0) is 38.1 Å². The fraction of sp³-hybridized carbons (Fsp3) is 0.769. The Kier molecular flexibility index (Phi) is 6.69. The van der Waals surface area contributed by atoms with Crippen LogP contribution in [0.3, 0.4) is 0 Å². The van der Waals surface area contributed by atoms with Crippen molar-refractivity contribution in [2.24, 2.45) is 0 Å². The van der Waals surface area contributed by atoms with Gasteiger partial charge < -0.3 is 23.7 Å². The van der Waals surface area contributed by atoms with Crippen LogP contribution in [0.25, 0.3) is 0 Å². The largest absolute Gasteiger partial charge is 0.456 e. The van der Waals surface area contributed by atoms with Crippen LogP contribution in [-0.4, -0.2) is 62.4 Å². The van der Waals surface area contributed by atoms with E-state index < -0.39 is 55.3 Å². The SMILES string of the molecule is COC1OC(CF)C(OC(C)=O)C(OC(C)=O)C1OC(C)=O. The summed E-state index contributed by atoms with van der Waals surface area (Å²) in [5, 5.41) is 0. The average Bonchev–Trinajstić information content (AvgIpc) is 2.41. The van der Waals surface area contributed by atoms with E-state index in [0.717, 1.165) is 20.8 Å². The van der Waals surface area contributed by atoms with Gasteiger partial charge in [-0.2, -0.15) is 0 Å². The second kappa shape index (κ2) is 8.04. The predicted octanol–water partition coefficient (Wildman–Crippen LogP) is 0.122. The highest BCUT2D eigenvalue weighted by Gasteiger charge is 2.52. The number of alkyl halides is 1. The van der Waals surface area contributed by atoms with Gasteiger partial charge in [-0.1, -0.05) is 0 Å². The van der Waals surface area contributed by atoms with Gasteiger partial charge in [-0.15, -0.1) is 0 Å². The van der Waals surface area contributed by atoms with Crippen LogP contribution in [0.2, 0.25) is 0 Å². The summed E-state index contributed by atoms with van der Waals surface area (Å²) in [5.41, 5.74) is 0. The molecule has 1 heterocycles. The van der Waals surface area contributed by atoms with E-state index in [9.17, 15) is 18.8 Å². The Labute approximate surface area is 126 Å². The minimum absolute atomic E-state index is 0.687. The van der Waals surface area contributed by atoms with Gasteiger partial charge >= 0.3 is 17.9 Å². The number of methoxy groups -OCH3 is 1. The standard InChI is InChI=1S/C13H19FO8/c1-6(15)19-10-9(5-14)22-13(18-4)12(21-8(3)17)11(10)20-7(2)16/h9-13H,5H2,1-4H3. The molecule has 1 fully saturated rings. The topological polar surface area (TPSA) is 97.4 Å². The van der Waals surface area contributed by atoms with Crippen LogP contribution in [0.5, 0.6) is 0 Å². The summed E-state index contributed by atoms with van der Waals surface area (Å²) in [7, 11) is 1.26. The summed E-state index contributed by atoms with van der Waals surface area (Å²) in [6.07, 6.45) is -6.09. The third kappa shape index (κ3) is 4.63. The van der Waals surface area contributed by atoms with Gasteiger partial charge in [0.05, 0.1) is 0 Å². The molecular weight excluding hydrogens is 303 g/mol. The highest BCUT2D eigenvalue weighted by atomic mass is 19.1. The molecule has 1 saturated heterocycles. The van der Waals surface area contributed by atoms with Crippen molar-refractivity contribution in [1.29, 1.82) is 0 Å². The van der Waals surface area contributed by atoms with E-state index in [1.165, 1.54) is 7.11 Å². The van der Waals surface area contributed by atoms with Crippen LogP contribution in [0.15, 0.2) is 0 Å². The molecule has 22 heavy (non-hydrogen) atoms. The van der Waals surface area contributed by atoms with Gasteiger partial charge in [0.25, 0.3) is 0 Å². The summed E-state index contributed by atoms with van der Waals surface area (Å²) in [4.78, 5) is 33.7. The summed E-state index contributed by atoms with van der Waals surface area (Å²) in [6, 6.07) is 0. The molecule has 0 aromatic rings. The molecule has 0 bridgehead atoms. The van der Waals surface area contributed by atoms with E-state index in [4.69, 9.17) is 23.7 Å². The molecule has 0 aliphatic carbocycles. The lowest BCUT2D eigenvalue weighted by molar-refractivity contribution is -0.299. The zero-order chi connectivity index (χ0) is 16.9. The highest BCUT2D eigenvalue weighted by molar-refractivity contribution is 5.68. The van der Waals surface area contributed by atoms with E-state index in [1.54, 1.807) is 0 Å². The molecule has 0 aromatic heterocycles. The molecule has 0 saturated carbocycles. The Morgan fingerprint density at radius 1 is 0.909 bits per heavy atom. The maximum Gasteiger partial charge on any atom is 0.303 e. The third-order valence-corrected chi connectivity index (χ3v) is 2.88. The summed E-state index contributed by atoms with van der Waals surface area (Å²) in [6.45, 7) is 2.36. The summed E-state index contributed by atoms with van der Waals surface area (Å²) >= 11 is 0. The maximum atomic E-state index is 13.2. The Bertz CT molecular complexity index is 396. The Hall–Kier alpha value is -1.74. The molecule has 1 aliphatic heterocycles. The minimum atomic E-state index is -1.26. The molecule has 126 valence electrons. The molecule has 0 spiro atoms. The normalized spacial score (nSPS) is 31.2. The predicted molar refractivity (Wildman–Crippen MR) is 68.3 cm³/mol. The zero-order valence-corrected chi connectivity index (χ0v) is 12.7. The summed E-state index contributed by atoms with van der Waals surface area (Å²) < 4.78 is 38.5. The zero-order valence-electron chi connectivity index (χ0n) is 12.7. The smallest absolute Gasteiger partial charge is 0.303 e. The van der Waals surface area contributed by atoms with Crippen LogP contribution in [0.4, 0.5) is 4.39 Å².